The lowest BCUT2D eigenvalue weighted by Gasteiger charge is -2.35. The van der Waals surface area contributed by atoms with Gasteiger partial charge in [-0.15, -0.1) is 11.3 Å². The van der Waals surface area contributed by atoms with E-state index < -0.39 is 17.5 Å². The largest absolute Gasteiger partial charge is 0.434 e. The first-order valence-electron chi connectivity index (χ1n) is 6.62. The van der Waals surface area contributed by atoms with Gasteiger partial charge in [0.15, 0.2) is 5.69 Å². The number of piperidine rings is 1. The van der Waals surface area contributed by atoms with Crippen molar-refractivity contribution in [3.63, 3.8) is 0 Å². The Hall–Kier alpha value is -0.660. The fourth-order valence-corrected chi connectivity index (χ4v) is 3.51. The first-order chi connectivity index (χ1) is 9.15. The zero-order valence-corrected chi connectivity index (χ0v) is 12.4. The van der Waals surface area contributed by atoms with Gasteiger partial charge in [0.1, 0.15) is 0 Å². The molecule has 2 rings (SSSR count). The minimum Gasteiger partial charge on any atom is -0.389 e. The van der Waals surface area contributed by atoms with Crippen molar-refractivity contribution in [3.05, 3.63) is 16.1 Å². The Morgan fingerprint density at radius 1 is 1.45 bits per heavy atom. The van der Waals surface area contributed by atoms with Crippen LogP contribution in [-0.4, -0.2) is 40.2 Å². The Bertz CT molecular complexity index is 453. The third kappa shape index (κ3) is 4.17. The smallest absolute Gasteiger partial charge is 0.389 e. The van der Waals surface area contributed by atoms with E-state index >= 15 is 0 Å². The summed E-state index contributed by atoms with van der Waals surface area (Å²) in [6.07, 6.45) is -2.59. The maximum atomic E-state index is 12.6. The summed E-state index contributed by atoms with van der Waals surface area (Å²) >= 11 is 1.08. The molecule has 1 aliphatic rings. The number of thiazole rings is 1. The molecular formula is C13H19F3N2OS. The average molecular weight is 308 g/mol. The van der Waals surface area contributed by atoms with E-state index in [1.807, 2.05) is 0 Å². The Kier molecular flexibility index (Phi) is 4.41. The number of halogens is 3. The fraction of sp³-hybridized carbons (Fsp3) is 0.769. The van der Waals surface area contributed by atoms with Crippen molar-refractivity contribution in [1.82, 2.24) is 9.88 Å². The number of likely N-dealkylation sites (tertiary alicyclic amines) is 1. The highest BCUT2D eigenvalue weighted by Crippen LogP contribution is 2.35. The van der Waals surface area contributed by atoms with Crippen molar-refractivity contribution in [2.45, 2.75) is 44.4 Å². The van der Waals surface area contributed by atoms with Crippen LogP contribution in [0.3, 0.4) is 0 Å². The van der Waals surface area contributed by atoms with Gasteiger partial charge in [-0.2, -0.15) is 13.2 Å². The maximum Gasteiger partial charge on any atom is 0.434 e. The van der Waals surface area contributed by atoms with Gasteiger partial charge in [-0.3, -0.25) is 4.90 Å². The topological polar surface area (TPSA) is 36.4 Å². The molecule has 7 heteroatoms. The lowest BCUT2D eigenvalue weighted by molar-refractivity contribution is -0.140. The molecule has 3 nitrogen and oxygen atoms in total. The number of nitrogens with zero attached hydrogens (tertiary/aromatic N) is 2. The van der Waals surface area contributed by atoms with Gasteiger partial charge >= 0.3 is 6.18 Å². The van der Waals surface area contributed by atoms with Gasteiger partial charge in [0.2, 0.25) is 0 Å². The summed E-state index contributed by atoms with van der Waals surface area (Å²) in [4.78, 5) is 5.84. The van der Waals surface area contributed by atoms with Crippen LogP contribution in [0.5, 0.6) is 0 Å². The normalized spacial score (nSPS) is 22.2. The molecule has 0 amide bonds. The van der Waals surface area contributed by atoms with Gasteiger partial charge in [-0.05, 0) is 33.2 Å². The van der Waals surface area contributed by atoms with E-state index in [1.54, 1.807) is 13.8 Å². The molecule has 0 bridgehead atoms. The molecule has 114 valence electrons. The highest BCUT2D eigenvalue weighted by molar-refractivity contribution is 7.09. The summed E-state index contributed by atoms with van der Waals surface area (Å²) in [5, 5.41) is 11.5. The molecule has 1 fully saturated rings. The van der Waals surface area contributed by atoms with Crippen LogP contribution in [-0.2, 0) is 6.18 Å². The summed E-state index contributed by atoms with van der Waals surface area (Å²) in [7, 11) is 0. The van der Waals surface area contributed by atoms with Crippen molar-refractivity contribution < 1.29 is 18.3 Å². The number of hydrogen-bond donors (Lipinski definition) is 1. The van der Waals surface area contributed by atoms with E-state index in [1.165, 1.54) is 0 Å². The first kappa shape index (κ1) is 15.7. The van der Waals surface area contributed by atoms with E-state index in [4.69, 9.17) is 0 Å². The van der Waals surface area contributed by atoms with Crippen molar-refractivity contribution in [2.24, 2.45) is 0 Å². The molecule has 0 saturated carbocycles. The van der Waals surface area contributed by atoms with Gasteiger partial charge in [0.05, 0.1) is 10.6 Å². The van der Waals surface area contributed by atoms with Crippen molar-refractivity contribution in [1.29, 1.82) is 0 Å². The summed E-state index contributed by atoms with van der Waals surface area (Å²) in [5.74, 6) is 0.0344. The molecule has 1 aromatic heterocycles. The van der Waals surface area contributed by atoms with Crippen LogP contribution in [0.4, 0.5) is 13.2 Å². The molecule has 1 unspecified atom stereocenters. The quantitative estimate of drug-likeness (QED) is 0.932. The van der Waals surface area contributed by atoms with Gasteiger partial charge in [-0.25, -0.2) is 4.98 Å². The van der Waals surface area contributed by atoms with Crippen LogP contribution in [0, 0.1) is 0 Å². The molecule has 1 N–H and O–H groups in total. The Balaban J connectivity index is 2.04. The van der Waals surface area contributed by atoms with Crippen LogP contribution in [0.2, 0.25) is 0 Å². The van der Waals surface area contributed by atoms with E-state index in [2.05, 4.69) is 9.88 Å². The lowest BCUT2D eigenvalue weighted by atomic mass is 9.97. The summed E-state index contributed by atoms with van der Waals surface area (Å²) in [5.41, 5.74) is -1.58. The van der Waals surface area contributed by atoms with Crippen LogP contribution >= 0.6 is 11.3 Å². The van der Waals surface area contributed by atoms with E-state index in [9.17, 15) is 18.3 Å². The molecule has 0 aliphatic carbocycles. The molecule has 0 spiro atoms. The van der Waals surface area contributed by atoms with Crippen molar-refractivity contribution in [2.75, 3.05) is 19.6 Å². The third-order valence-electron chi connectivity index (χ3n) is 3.28. The molecule has 1 aliphatic heterocycles. The molecule has 1 atom stereocenters. The summed E-state index contributed by atoms with van der Waals surface area (Å²) in [6, 6.07) is 0. The number of β-amino-alcohol motifs (C(OH)–C–C–N with tert-alkyl or cyclic N) is 1. The minimum atomic E-state index is -4.36. The van der Waals surface area contributed by atoms with Crippen molar-refractivity contribution in [3.8, 4) is 0 Å². The zero-order chi connectivity index (χ0) is 15.0. The van der Waals surface area contributed by atoms with Crippen molar-refractivity contribution >= 4 is 11.3 Å². The van der Waals surface area contributed by atoms with Crippen LogP contribution in [0.25, 0.3) is 0 Å². The molecule has 1 aromatic rings. The van der Waals surface area contributed by atoms with Gasteiger partial charge in [0.25, 0.3) is 0 Å². The number of rotatable bonds is 3. The van der Waals surface area contributed by atoms with E-state index in [0.29, 0.717) is 18.1 Å². The Morgan fingerprint density at radius 3 is 2.70 bits per heavy atom. The number of hydrogen-bond acceptors (Lipinski definition) is 4. The second-order valence-corrected chi connectivity index (χ2v) is 6.85. The standard InChI is InChI=1S/C13H19F3N2OS/c1-12(2,19)8-18-5-3-4-9(6-18)11-17-10(7-20-11)13(14,15)16/h7,9,19H,3-6,8H2,1-2H3. The van der Waals surface area contributed by atoms with Gasteiger partial charge in [-0.1, -0.05) is 0 Å². The monoisotopic (exact) mass is 308 g/mol. The molecule has 20 heavy (non-hydrogen) atoms. The SMILES string of the molecule is CC(C)(O)CN1CCCC(c2nc(C(F)(F)F)cs2)C1. The van der Waals surface area contributed by atoms with E-state index in [0.717, 1.165) is 36.1 Å². The summed E-state index contributed by atoms with van der Waals surface area (Å²) < 4.78 is 37.7. The number of aliphatic hydroxyl groups is 1. The summed E-state index contributed by atoms with van der Waals surface area (Å²) in [6.45, 7) is 5.54. The second-order valence-electron chi connectivity index (χ2n) is 5.96. The number of alkyl halides is 3. The second kappa shape index (κ2) is 5.61. The van der Waals surface area contributed by atoms with Crippen LogP contribution in [0.15, 0.2) is 5.38 Å². The maximum absolute atomic E-state index is 12.6. The third-order valence-corrected chi connectivity index (χ3v) is 4.28. The molecule has 0 radical (unpaired) electrons. The average Bonchev–Trinajstić information content (AvgIpc) is 2.75. The minimum absolute atomic E-state index is 0.0344. The first-order valence-corrected chi connectivity index (χ1v) is 7.50. The predicted molar refractivity (Wildman–Crippen MR) is 71.8 cm³/mol. The van der Waals surface area contributed by atoms with Crippen LogP contribution < -0.4 is 0 Å². The lowest BCUT2D eigenvalue weighted by Crippen LogP contribution is -2.43. The van der Waals surface area contributed by atoms with Gasteiger partial charge in [0, 0.05) is 24.4 Å². The van der Waals surface area contributed by atoms with Crippen LogP contribution in [0.1, 0.15) is 43.3 Å². The van der Waals surface area contributed by atoms with E-state index in [-0.39, 0.29) is 5.92 Å². The molecule has 2 heterocycles. The molecule has 1 saturated heterocycles. The number of aromatic nitrogens is 1. The Morgan fingerprint density at radius 2 is 2.15 bits per heavy atom. The fourth-order valence-electron chi connectivity index (χ4n) is 2.55. The zero-order valence-electron chi connectivity index (χ0n) is 11.6. The predicted octanol–water partition coefficient (Wildman–Crippen LogP) is 3.11. The molecular weight excluding hydrogens is 289 g/mol. The highest BCUT2D eigenvalue weighted by Gasteiger charge is 2.35. The molecule has 0 aromatic carbocycles. The van der Waals surface area contributed by atoms with Gasteiger partial charge < -0.3 is 5.11 Å². The highest BCUT2D eigenvalue weighted by atomic mass is 32.1. The Labute approximate surface area is 120 Å².